The zero-order valence-corrected chi connectivity index (χ0v) is 34.5. The van der Waals surface area contributed by atoms with E-state index in [2.05, 4.69) is 68.8 Å². The number of hydrogen-bond donors (Lipinski definition) is 2. The largest absolute Gasteiger partial charge is 0.393 e. The number of aromatic amines is 1. The third-order valence-electron chi connectivity index (χ3n) is 17.5. The number of H-pyrrole nitrogens is 1. The molecular formula is C48H77N3O2. The van der Waals surface area contributed by atoms with Crippen molar-refractivity contribution in [2.45, 2.75) is 178 Å². The van der Waals surface area contributed by atoms with E-state index in [1.165, 1.54) is 75.3 Å². The lowest BCUT2D eigenvalue weighted by atomic mass is 9.41. The van der Waals surface area contributed by atoms with Crippen LogP contribution >= 0.6 is 0 Å². The summed E-state index contributed by atoms with van der Waals surface area (Å²) >= 11 is 0. The molecule has 10 rings (SSSR count). The van der Waals surface area contributed by atoms with E-state index in [0.29, 0.717) is 34.0 Å². The van der Waals surface area contributed by atoms with Gasteiger partial charge in [0.05, 0.1) is 29.5 Å². The minimum absolute atomic E-state index is 0. The lowest BCUT2D eigenvalue weighted by molar-refractivity contribution is -0.174. The summed E-state index contributed by atoms with van der Waals surface area (Å²) in [4.78, 5) is 25.9. The van der Waals surface area contributed by atoms with Crippen LogP contribution in [0.4, 0.5) is 0 Å². The molecule has 0 radical (unpaired) electrons. The molecule has 2 N–H and O–H groups in total. The lowest BCUT2D eigenvalue weighted by Crippen LogP contribution is -2.58. The van der Waals surface area contributed by atoms with Crippen molar-refractivity contribution in [2.75, 3.05) is 6.54 Å². The molecule has 7 saturated carbocycles. The number of carbonyl (C=O) groups is 1. The van der Waals surface area contributed by atoms with Gasteiger partial charge in [-0.25, -0.2) is 4.98 Å². The first kappa shape index (κ1) is 40.5. The van der Waals surface area contributed by atoms with E-state index in [-0.39, 0.29) is 30.4 Å². The summed E-state index contributed by atoms with van der Waals surface area (Å²) in [6.07, 6.45) is 20.3. The van der Waals surface area contributed by atoms with Gasteiger partial charge in [0, 0.05) is 6.54 Å². The predicted molar refractivity (Wildman–Crippen MR) is 220 cm³/mol. The average molecular weight is 728 g/mol. The maximum Gasteiger partial charge on any atom is 0.229 e. The Balaban J connectivity index is 0.000000489. The first-order valence-electron chi connectivity index (χ1n) is 22.1. The van der Waals surface area contributed by atoms with Gasteiger partial charge in [-0.05, 0) is 147 Å². The van der Waals surface area contributed by atoms with Crippen molar-refractivity contribution < 1.29 is 9.90 Å². The Labute approximate surface area is 324 Å². The van der Waals surface area contributed by atoms with E-state index in [4.69, 9.17) is 4.98 Å². The maximum atomic E-state index is 15.1. The molecule has 5 nitrogen and oxygen atoms in total. The third-order valence-corrected chi connectivity index (χ3v) is 17.5. The molecule has 2 aromatic rings. The highest BCUT2D eigenvalue weighted by atomic mass is 16.3. The Bertz CT molecular complexity index is 1600. The summed E-state index contributed by atoms with van der Waals surface area (Å²) in [7, 11) is 0. The number of aryl methyl sites for hydroxylation is 1. The molecule has 53 heavy (non-hydrogen) atoms. The number of aliphatic hydroxyl groups is 1. The number of fused-ring (bicyclic) bond motifs is 3. The number of carbonyl (C=O) groups excluding carboxylic acids is 1. The fourth-order valence-corrected chi connectivity index (χ4v) is 14.7. The zero-order valence-electron chi connectivity index (χ0n) is 34.5. The number of hydrogen-bond acceptors (Lipinski definition) is 3. The van der Waals surface area contributed by atoms with Crippen LogP contribution in [-0.2, 0) is 4.79 Å². The van der Waals surface area contributed by atoms with Crippen molar-refractivity contribution >= 4 is 5.91 Å². The van der Waals surface area contributed by atoms with Crippen LogP contribution in [0.25, 0.3) is 11.3 Å². The SMILES string of the molecule is C.CC.CC.CC1CC1.Cc1cccc(-c2cnc(C3CCCN3C(=O)C34CCCC3C35CCC6C7(C)CCC(O)C(C)C7(C)CC[C@@]63C5CC4)[nH]2)c1. The van der Waals surface area contributed by atoms with Crippen molar-refractivity contribution in [3.05, 3.63) is 41.9 Å². The molecule has 11 atom stereocenters. The Morgan fingerprint density at radius 3 is 2.21 bits per heavy atom. The van der Waals surface area contributed by atoms with Crippen LogP contribution in [0.1, 0.15) is 177 Å². The number of amides is 1. The van der Waals surface area contributed by atoms with Gasteiger partial charge in [-0.1, -0.05) is 106 Å². The van der Waals surface area contributed by atoms with E-state index in [1.807, 2.05) is 33.9 Å². The van der Waals surface area contributed by atoms with Crippen molar-refractivity contribution in [3.63, 3.8) is 0 Å². The minimum atomic E-state index is -0.166. The van der Waals surface area contributed by atoms with Crippen LogP contribution < -0.4 is 0 Å². The normalized spacial score (nSPS) is 42.6. The Kier molecular flexibility index (Phi) is 11.3. The maximum absolute atomic E-state index is 15.1. The van der Waals surface area contributed by atoms with Crippen LogP contribution in [0.15, 0.2) is 30.5 Å². The third kappa shape index (κ3) is 5.68. The van der Waals surface area contributed by atoms with Crippen LogP contribution in [0.2, 0.25) is 0 Å². The second-order valence-electron chi connectivity index (χ2n) is 19.0. The number of likely N-dealkylation sites (tertiary alicyclic amines) is 1. The molecule has 1 aliphatic heterocycles. The van der Waals surface area contributed by atoms with Crippen LogP contribution in [0.3, 0.4) is 0 Å². The van der Waals surface area contributed by atoms with E-state index in [9.17, 15) is 5.11 Å². The van der Waals surface area contributed by atoms with Gasteiger partial charge in [0.2, 0.25) is 5.91 Å². The number of imidazole rings is 1. The monoisotopic (exact) mass is 728 g/mol. The van der Waals surface area contributed by atoms with Gasteiger partial charge in [0.25, 0.3) is 0 Å². The summed E-state index contributed by atoms with van der Waals surface area (Å²) in [5.41, 5.74) is 4.68. The second kappa shape index (κ2) is 14.7. The van der Waals surface area contributed by atoms with Gasteiger partial charge in [0.15, 0.2) is 0 Å². The molecule has 2 heterocycles. The highest BCUT2D eigenvalue weighted by Crippen LogP contribution is 2.94. The summed E-state index contributed by atoms with van der Waals surface area (Å²) in [5.74, 6) is 5.08. The van der Waals surface area contributed by atoms with Gasteiger partial charge >= 0.3 is 0 Å². The van der Waals surface area contributed by atoms with Crippen molar-refractivity contribution in [1.82, 2.24) is 14.9 Å². The first-order valence-corrected chi connectivity index (χ1v) is 22.1. The van der Waals surface area contributed by atoms with Gasteiger partial charge in [-0.15, -0.1) is 0 Å². The summed E-state index contributed by atoms with van der Waals surface area (Å²) < 4.78 is 0. The molecule has 10 unspecified atom stereocenters. The number of nitrogens with one attached hydrogen (secondary N) is 1. The summed E-state index contributed by atoms with van der Waals surface area (Å²) in [5, 5.41) is 11.0. The number of rotatable bonds is 3. The summed E-state index contributed by atoms with van der Waals surface area (Å²) in [6.45, 7) is 20.8. The Hall–Kier alpha value is -2.14. The molecule has 1 amide bonds. The van der Waals surface area contributed by atoms with Gasteiger partial charge in [0.1, 0.15) is 5.82 Å². The molecule has 1 aromatic carbocycles. The van der Waals surface area contributed by atoms with Crippen LogP contribution in [0, 0.1) is 63.6 Å². The molecule has 1 aromatic heterocycles. The number of nitrogens with zero attached hydrogens (tertiary/aromatic N) is 2. The minimum Gasteiger partial charge on any atom is -0.393 e. The van der Waals surface area contributed by atoms with Crippen LogP contribution in [0.5, 0.6) is 0 Å². The molecule has 8 aliphatic rings. The lowest BCUT2D eigenvalue weighted by Gasteiger charge is -2.64. The topological polar surface area (TPSA) is 69.2 Å². The van der Waals surface area contributed by atoms with E-state index < -0.39 is 0 Å². The van der Waals surface area contributed by atoms with E-state index >= 15 is 4.79 Å². The number of benzene rings is 1. The molecule has 8 fully saturated rings. The molecule has 7 aliphatic carbocycles. The fraction of sp³-hybridized carbons (Fsp3) is 0.792. The molecule has 1 saturated heterocycles. The smallest absolute Gasteiger partial charge is 0.229 e. The number of aromatic nitrogens is 2. The molecule has 5 heteroatoms. The molecule has 296 valence electrons. The second-order valence-corrected chi connectivity index (χ2v) is 19.0. The quantitative estimate of drug-likeness (QED) is 0.331. The fourth-order valence-electron chi connectivity index (χ4n) is 14.7. The highest BCUT2D eigenvalue weighted by molar-refractivity contribution is 5.85. The average Bonchev–Trinajstić information content (AvgIpc) is 3.64. The van der Waals surface area contributed by atoms with Crippen molar-refractivity contribution in [1.29, 1.82) is 0 Å². The molecule has 2 spiro atoms. The zero-order chi connectivity index (χ0) is 37.3. The standard InChI is InChI=1S/C39H53N3O2.C4H8.2C2H6.CH4/c1-24-8-5-9-26(22-24)27-23-40-33(41-27)28-10-7-21-42(28)34(44)37-15-6-11-31(37)38-18-14-30-36(4)16-12-29(43)25(2)35(36,3)19-20-39(30,38)32(38)13-17-37;1-4-2-3-4;2*1-2;/h5,8-9,22-23,25,28-32,43H,6-7,10-21H2,1-4H3,(H,40,41);4H,2-3H2,1H3;2*1-2H3;1H4/t25?,28?,29?,30?,31?,32?,35?,36?,37?,38?,39-;;;;/m0..../s1. The first-order chi connectivity index (χ1) is 25.0. The Morgan fingerprint density at radius 1 is 0.811 bits per heavy atom. The molecular weight excluding hydrogens is 651 g/mol. The molecule has 0 bridgehead atoms. The van der Waals surface area contributed by atoms with Crippen molar-refractivity contribution in [2.24, 2.45) is 56.7 Å². The highest BCUT2D eigenvalue weighted by Gasteiger charge is 2.89. The van der Waals surface area contributed by atoms with Crippen molar-refractivity contribution in [3.8, 4) is 11.3 Å². The van der Waals surface area contributed by atoms with E-state index in [0.717, 1.165) is 67.9 Å². The van der Waals surface area contributed by atoms with Gasteiger partial charge in [-0.3, -0.25) is 4.79 Å². The van der Waals surface area contributed by atoms with Gasteiger partial charge < -0.3 is 15.0 Å². The van der Waals surface area contributed by atoms with E-state index in [1.54, 1.807) is 0 Å². The van der Waals surface area contributed by atoms with Crippen LogP contribution in [-0.4, -0.2) is 38.5 Å². The Morgan fingerprint density at radius 2 is 1.51 bits per heavy atom. The summed E-state index contributed by atoms with van der Waals surface area (Å²) in [6, 6.07) is 8.66. The number of aliphatic hydroxyl groups excluding tert-OH is 1. The predicted octanol–water partition coefficient (Wildman–Crippen LogP) is 12.3. The van der Waals surface area contributed by atoms with Gasteiger partial charge in [-0.2, -0.15) is 0 Å².